The molecule has 27 heavy (non-hydrogen) atoms. The SMILES string of the molecule is COc1ccc(OC)c(NC(=O)[C@@H]2CC(=O)n3c(nc4ccccc43)N2)c1. The van der Waals surface area contributed by atoms with E-state index in [1.54, 1.807) is 25.3 Å². The number of hydrogen-bond donors (Lipinski definition) is 2. The summed E-state index contributed by atoms with van der Waals surface area (Å²) in [7, 11) is 3.06. The molecule has 138 valence electrons. The fraction of sp³-hybridized carbons (Fsp3) is 0.211. The van der Waals surface area contributed by atoms with Crippen LogP contribution in [0.2, 0.25) is 0 Å². The topological polar surface area (TPSA) is 94.5 Å². The summed E-state index contributed by atoms with van der Waals surface area (Å²) in [5, 5.41) is 5.85. The molecule has 2 N–H and O–H groups in total. The average molecular weight is 366 g/mol. The minimum absolute atomic E-state index is 0.0193. The standard InChI is InChI=1S/C19H18N4O4/c1-26-11-7-8-16(27-2)13(9-11)20-18(25)14-10-17(24)23-15-6-4-3-5-12(15)21-19(23)22-14/h3-9,14H,10H2,1-2H3,(H,20,25)(H,21,22)/t14-/m0/s1. The van der Waals surface area contributed by atoms with Gasteiger partial charge in [-0.25, -0.2) is 9.55 Å². The van der Waals surface area contributed by atoms with Crippen molar-refractivity contribution < 1.29 is 19.1 Å². The minimum atomic E-state index is -0.738. The zero-order valence-electron chi connectivity index (χ0n) is 14.9. The molecule has 0 saturated carbocycles. The molecule has 0 spiro atoms. The molecule has 1 aliphatic rings. The van der Waals surface area contributed by atoms with Crippen LogP contribution in [-0.4, -0.2) is 41.6 Å². The summed E-state index contributed by atoms with van der Waals surface area (Å²) >= 11 is 0. The van der Waals surface area contributed by atoms with Crippen molar-refractivity contribution in [1.29, 1.82) is 0 Å². The van der Waals surface area contributed by atoms with Crippen molar-refractivity contribution >= 4 is 34.5 Å². The predicted molar refractivity (Wildman–Crippen MR) is 101 cm³/mol. The van der Waals surface area contributed by atoms with Crippen LogP contribution >= 0.6 is 0 Å². The molecule has 2 heterocycles. The summed E-state index contributed by atoms with van der Waals surface area (Å²) in [5.41, 5.74) is 1.89. The fourth-order valence-electron chi connectivity index (χ4n) is 3.14. The number of ether oxygens (including phenoxy) is 2. The first kappa shape index (κ1) is 16.9. The number of aromatic nitrogens is 2. The lowest BCUT2D eigenvalue weighted by atomic mass is 10.1. The second-order valence-corrected chi connectivity index (χ2v) is 6.11. The first-order valence-electron chi connectivity index (χ1n) is 8.41. The van der Waals surface area contributed by atoms with Crippen LogP contribution in [0.25, 0.3) is 11.0 Å². The number of amides is 1. The Labute approximate surface area is 155 Å². The highest BCUT2D eigenvalue weighted by Crippen LogP contribution is 2.30. The van der Waals surface area contributed by atoms with E-state index in [2.05, 4.69) is 15.6 Å². The van der Waals surface area contributed by atoms with Gasteiger partial charge >= 0.3 is 0 Å². The second-order valence-electron chi connectivity index (χ2n) is 6.11. The van der Waals surface area contributed by atoms with E-state index >= 15 is 0 Å². The van der Waals surface area contributed by atoms with Crippen molar-refractivity contribution in [1.82, 2.24) is 9.55 Å². The number of rotatable bonds is 4. The smallest absolute Gasteiger partial charge is 0.247 e. The molecule has 0 unspecified atom stereocenters. The number of benzene rings is 2. The molecule has 1 aliphatic heterocycles. The molecule has 0 radical (unpaired) electrons. The maximum absolute atomic E-state index is 12.7. The molecular weight excluding hydrogens is 348 g/mol. The van der Waals surface area contributed by atoms with Crippen molar-refractivity contribution in [2.75, 3.05) is 24.9 Å². The van der Waals surface area contributed by atoms with Crippen molar-refractivity contribution in [3.63, 3.8) is 0 Å². The van der Waals surface area contributed by atoms with Crippen LogP contribution < -0.4 is 20.1 Å². The summed E-state index contributed by atoms with van der Waals surface area (Å²) in [6, 6.07) is 11.7. The number of nitrogens with zero attached hydrogens (tertiary/aromatic N) is 2. The molecular formula is C19H18N4O4. The monoisotopic (exact) mass is 366 g/mol. The number of para-hydroxylation sites is 2. The van der Waals surface area contributed by atoms with Gasteiger partial charge in [-0.15, -0.1) is 0 Å². The van der Waals surface area contributed by atoms with E-state index in [0.717, 1.165) is 5.52 Å². The molecule has 0 aliphatic carbocycles. The first-order chi connectivity index (χ1) is 13.1. The number of nitrogens with one attached hydrogen (secondary N) is 2. The molecule has 2 aromatic carbocycles. The highest BCUT2D eigenvalue weighted by atomic mass is 16.5. The van der Waals surface area contributed by atoms with E-state index in [4.69, 9.17) is 9.47 Å². The Bertz CT molecular complexity index is 1040. The number of carbonyl (C=O) groups is 2. The lowest BCUT2D eigenvalue weighted by Gasteiger charge is -2.24. The molecule has 1 atom stereocenters. The fourth-order valence-corrected chi connectivity index (χ4v) is 3.14. The van der Waals surface area contributed by atoms with E-state index in [0.29, 0.717) is 28.7 Å². The Hall–Kier alpha value is -3.55. The van der Waals surface area contributed by atoms with Crippen LogP contribution in [0.3, 0.4) is 0 Å². The number of fused-ring (bicyclic) bond motifs is 3. The van der Waals surface area contributed by atoms with E-state index in [1.807, 2.05) is 24.3 Å². The lowest BCUT2D eigenvalue weighted by Crippen LogP contribution is -2.42. The van der Waals surface area contributed by atoms with Gasteiger partial charge < -0.3 is 20.1 Å². The average Bonchev–Trinajstić information content (AvgIpc) is 3.06. The Kier molecular flexibility index (Phi) is 4.15. The number of carbonyl (C=O) groups excluding carboxylic acids is 2. The zero-order chi connectivity index (χ0) is 19.0. The number of imidazole rings is 1. The van der Waals surface area contributed by atoms with E-state index < -0.39 is 6.04 Å². The van der Waals surface area contributed by atoms with Crippen LogP contribution in [-0.2, 0) is 4.79 Å². The summed E-state index contributed by atoms with van der Waals surface area (Å²) in [4.78, 5) is 29.8. The van der Waals surface area contributed by atoms with Gasteiger partial charge in [-0.1, -0.05) is 12.1 Å². The molecule has 3 aromatic rings. The molecule has 0 saturated heterocycles. The van der Waals surface area contributed by atoms with Crippen molar-refractivity contribution in [3.8, 4) is 11.5 Å². The molecule has 0 fully saturated rings. The summed E-state index contributed by atoms with van der Waals surface area (Å²) < 4.78 is 12.0. The van der Waals surface area contributed by atoms with E-state index in [-0.39, 0.29) is 18.2 Å². The van der Waals surface area contributed by atoms with Gasteiger partial charge in [0.1, 0.15) is 17.5 Å². The third-order valence-electron chi connectivity index (χ3n) is 4.47. The molecule has 4 rings (SSSR count). The number of methoxy groups -OCH3 is 2. The van der Waals surface area contributed by atoms with Gasteiger partial charge in [0, 0.05) is 6.07 Å². The van der Waals surface area contributed by atoms with Gasteiger partial charge in [-0.3, -0.25) is 9.59 Å². The van der Waals surface area contributed by atoms with Gasteiger partial charge in [0.25, 0.3) is 0 Å². The van der Waals surface area contributed by atoms with Crippen LogP contribution in [0.5, 0.6) is 11.5 Å². The molecule has 1 aromatic heterocycles. The maximum Gasteiger partial charge on any atom is 0.247 e. The third-order valence-corrected chi connectivity index (χ3v) is 4.47. The van der Waals surface area contributed by atoms with Crippen LogP contribution in [0, 0.1) is 0 Å². The number of hydrogen-bond acceptors (Lipinski definition) is 6. The van der Waals surface area contributed by atoms with Gasteiger partial charge in [0.2, 0.25) is 17.8 Å². The quantitative estimate of drug-likeness (QED) is 0.737. The summed E-state index contributed by atoms with van der Waals surface area (Å²) in [6.07, 6.45) is 0.0193. The molecule has 0 bridgehead atoms. The van der Waals surface area contributed by atoms with Gasteiger partial charge in [-0.05, 0) is 24.3 Å². The largest absolute Gasteiger partial charge is 0.497 e. The van der Waals surface area contributed by atoms with Crippen molar-refractivity contribution in [3.05, 3.63) is 42.5 Å². The highest BCUT2D eigenvalue weighted by molar-refractivity contribution is 6.04. The first-order valence-corrected chi connectivity index (χ1v) is 8.41. The van der Waals surface area contributed by atoms with Gasteiger partial charge in [-0.2, -0.15) is 0 Å². The Balaban J connectivity index is 1.60. The van der Waals surface area contributed by atoms with Gasteiger partial charge in [0.05, 0.1) is 37.4 Å². The second kappa shape index (κ2) is 6.64. The molecule has 1 amide bonds. The van der Waals surface area contributed by atoms with Crippen molar-refractivity contribution in [2.45, 2.75) is 12.5 Å². The van der Waals surface area contributed by atoms with E-state index in [1.165, 1.54) is 11.7 Å². The summed E-state index contributed by atoms with van der Waals surface area (Å²) in [5.74, 6) is 0.910. The van der Waals surface area contributed by atoms with Gasteiger partial charge in [0.15, 0.2) is 0 Å². The normalized spacial score (nSPS) is 15.8. The Morgan fingerprint density at radius 2 is 2.04 bits per heavy atom. The van der Waals surface area contributed by atoms with Crippen molar-refractivity contribution in [2.24, 2.45) is 0 Å². The molecule has 8 heteroatoms. The Morgan fingerprint density at radius 3 is 2.81 bits per heavy atom. The predicted octanol–water partition coefficient (Wildman–Crippen LogP) is 2.52. The lowest BCUT2D eigenvalue weighted by molar-refractivity contribution is -0.117. The van der Waals surface area contributed by atoms with Crippen LogP contribution in [0.15, 0.2) is 42.5 Å². The minimum Gasteiger partial charge on any atom is -0.497 e. The number of anilines is 2. The zero-order valence-corrected chi connectivity index (χ0v) is 14.9. The highest BCUT2D eigenvalue weighted by Gasteiger charge is 2.32. The van der Waals surface area contributed by atoms with E-state index in [9.17, 15) is 9.59 Å². The molecule has 8 nitrogen and oxygen atoms in total. The maximum atomic E-state index is 12.7. The third kappa shape index (κ3) is 2.95. The van der Waals surface area contributed by atoms with Crippen LogP contribution in [0.1, 0.15) is 11.2 Å². The van der Waals surface area contributed by atoms with Crippen LogP contribution in [0.4, 0.5) is 11.6 Å². The summed E-state index contributed by atoms with van der Waals surface area (Å²) in [6.45, 7) is 0. The Morgan fingerprint density at radius 1 is 1.22 bits per heavy atom.